The average molecular weight is 351 g/mol. The fourth-order valence-electron chi connectivity index (χ4n) is 3.62. The van der Waals surface area contributed by atoms with Crippen molar-refractivity contribution in [1.82, 2.24) is 9.80 Å². The zero-order valence-electron chi connectivity index (χ0n) is 12.6. The van der Waals surface area contributed by atoms with Crippen LogP contribution in [-0.2, 0) is 4.79 Å². The number of rotatable bonds is 3. The minimum atomic E-state index is 0.168. The molecule has 2 heterocycles. The van der Waals surface area contributed by atoms with Crippen LogP contribution in [0.4, 0.5) is 0 Å². The van der Waals surface area contributed by atoms with E-state index in [-0.39, 0.29) is 12.0 Å². The molecule has 0 aliphatic carbocycles. The molecule has 2 saturated heterocycles. The van der Waals surface area contributed by atoms with Gasteiger partial charge in [-0.15, -0.1) is 0 Å². The van der Waals surface area contributed by atoms with Gasteiger partial charge in [0, 0.05) is 18.1 Å². The maximum absolute atomic E-state index is 12.5. The Morgan fingerprint density at radius 3 is 2.48 bits per heavy atom. The molecule has 2 unspecified atom stereocenters. The van der Waals surface area contributed by atoms with Gasteiger partial charge in [0.25, 0.3) is 0 Å². The minimum Gasteiger partial charge on any atom is -0.338 e. The molecular formula is C17H23BrN2O. The maximum atomic E-state index is 12.5. The molecule has 1 aromatic rings. The molecular weight excluding hydrogens is 328 g/mol. The van der Waals surface area contributed by atoms with Crippen molar-refractivity contribution >= 4 is 21.8 Å². The first kappa shape index (κ1) is 15.0. The minimum absolute atomic E-state index is 0.168. The summed E-state index contributed by atoms with van der Waals surface area (Å²) in [5.74, 6) is 0.482. The second kappa shape index (κ2) is 6.49. The van der Waals surface area contributed by atoms with Gasteiger partial charge < -0.3 is 9.80 Å². The standard InChI is InChI=1S/C17H23BrN2O/c1-19-16(13-5-7-15(18)8-6-13)11-14(17(19)21)12-20-9-3-2-4-10-20/h5-8,14,16H,2-4,9-12H2,1H3. The van der Waals surface area contributed by atoms with Gasteiger partial charge in [0.15, 0.2) is 0 Å². The zero-order valence-corrected chi connectivity index (χ0v) is 14.2. The van der Waals surface area contributed by atoms with E-state index in [1.807, 2.05) is 11.9 Å². The molecule has 2 atom stereocenters. The van der Waals surface area contributed by atoms with E-state index < -0.39 is 0 Å². The van der Waals surface area contributed by atoms with E-state index in [0.29, 0.717) is 5.91 Å². The van der Waals surface area contributed by atoms with Crippen molar-refractivity contribution in [3.05, 3.63) is 34.3 Å². The number of piperidine rings is 1. The molecule has 1 aromatic carbocycles. The summed E-state index contributed by atoms with van der Waals surface area (Å²) in [6, 6.07) is 8.61. The Hall–Kier alpha value is -0.870. The predicted octanol–water partition coefficient (Wildman–Crippen LogP) is 3.45. The quantitative estimate of drug-likeness (QED) is 0.833. The van der Waals surface area contributed by atoms with Crippen molar-refractivity contribution in [1.29, 1.82) is 0 Å². The van der Waals surface area contributed by atoms with Crippen LogP contribution in [0.25, 0.3) is 0 Å². The van der Waals surface area contributed by atoms with Crippen LogP contribution in [0.5, 0.6) is 0 Å². The molecule has 3 rings (SSSR count). The molecule has 2 aliphatic rings. The first-order chi connectivity index (χ1) is 10.1. The summed E-state index contributed by atoms with van der Waals surface area (Å²) in [5, 5.41) is 0. The molecule has 2 aliphatic heterocycles. The fraction of sp³-hybridized carbons (Fsp3) is 0.588. The lowest BCUT2D eigenvalue weighted by Gasteiger charge is -2.28. The molecule has 0 spiro atoms. The van der Waals surface area contributed by atoms with Crippen LogP contribution >= 0.6 is 15.9 Å². The van der Waals surface area contributed by atoms with Crippen LogP contribution in [0, 0.1) is 5.92 Å². The molecule has 0 saturated carbocycles. The van der Waals surface area contributed by atoms with E-state index in [2.05, 4.69) is 45.1 Å². The van der Waals surface area contributed by atoms with Crippen LogP contribution in [0.15, 0.2) is 28.7 Å². The van der Waals surface area contributed by atoms with Gasteiger partial charge in [0.1, 0.15) is 0 Å². The number of benzene rings is 1. The number of carbonyl (C=O) groups excluding carboxylic acids is 1. The SMILES string of the molecule is CN1C(=O)C(CN2CCCCC2)CC1c1ccc(Br)cc1. The monoisotopic (exact) mass is 350 g/mol. The summed E-state index contributed by atoms with van der Waals surface area (Å²) >= 11 is 3.47. The number of halogens is 1. The van der Waals surface area contributed by atoms with Crippen molar-refractivity contribution in [2.24, 2.45) is 5.92 Å². The first-order valence-electron chi connectivity index (χ1n) is 7.89. The van der Waals surface area contributed by atoms with E-state index in [0.717, 1.165) is 30.5 Å². The van der Waals surface area contributed by atoms with E-state index in [1.54, 1.807) is 0 Å². The molecule has 0 N–H and O–H groups in total. The van der Waals surface area contributed by atoms with Crippen LogP contribution in [0.3, 0.4) is 0 Å². The Labute approximate surface area is 135 Å². The van der Waals surface area contributed by atoms with Gasteiger partial charge in [-0.2, -0.15) is 0 Å². The number of hydrogen-bond acceptors (Lipinski definition) is 2. The van der Waals surface area contributed by atoms with Crippen LogP contribution < -0.4 is 0 Å². The Kier molecular flexibility index (Phi) is 4.65. The largest absolute Gasteiger partial charge is 0.338 e. The van der Waals surface area contributed by atoms with Gasteiger partial charge >= 0.3 is 0 Å². The summed E-state index contributed by atoms with van der Waals surface area (Å²) in [6.45, 7) is 3.27. The predicted molar refractivity (Wildman–Crippen MR) is 88.1 cm³/mol. The van der Waals surface area contributed by atoms with Gasteiger partial charge in [0.2, 0.25) is 5.91 Å². The van der Waals surface area contributed by atoms with Crippen LogP contribution in [-0.4, -0.2) is 42.4 Å². The molecule has 3 nitrogen and oxygen atoms in total. The number of hydrogen-bond donors (Lipinski definition) is 0. The summed E-state index contributed by atoms with van der Waals surface area (Å²) in [7, 11) is 1.95. The average Bonchev–Trinajstić information content (AvgIpc) is 2.78. The lowest BCUT2D eigenvalue weighted by atomic mass is 9.98. The summed E-state index contributed by atoms with van der Waals surface area (Å²) in [5.41, 5.74) is 1.25. The van der Waals surface area contributed by atoms with Gasteiger partial charge in [-0.3, -0.25) is 4.79 Å². The summed E-state index contributed by atoms with van der Waals surface area (Å²) in [6.07, 6.45) is 4.86. The Morgan fingerprint density at radius 2 is 1.81 bits per heavy atom. The first-order valence-corrected chi connectivity index (χ1v) is 8.69. The van der Waals surface area contributed by atoms with Crippen molar-refractivity contribution in [2.75, 3.05) is 26.7 Å². The highest BCUT2D eigenvalue weighted by Crippen LogP contribution is 2.36. The molecule has 4 heteroatoms. The van der Waals surface area contributed by atoms with Gasteiger partial charge in [-0.1, -0.05) is 34.5 Å². The van der Waals surface area contributed by atoms with Gasteiger partial charge in [-0.05, 0) is 50.0 Å². The molecule has 0 radical (unpaired) electrons. The lowest BCUT2D eigenvalue weighted by molar-refractivity contribution is -0.131. The van der Waals surface area contributed by atoms with E-state index in [4.69, 9.17) is 0 Å². The third-order valence-corrected chi connectivity index (χ3v) is 5.38. The summed E-state index contributed by atoms with van der Waals surface area (Å²) < 4.78 is 1.09. The normalized spacial score (nSPS) is 27.3. The van der Waals surface area contributed by atoms with Gasteiger partial charge in [0.05, 0.1) is 12.0 Å². The maximum Gasteiger partial charge on any atom is 0.227 e. The van der Waals surface area contributed by atoms with Crippen molar-refractivity contribution in [2.45, 2.75) is 31.7 Å². The van der Waals surface area contributed by atoms with E-state index in [1.165, 1.54) is 24.8 Å². The highest BCUT2D eigenvalue weighted by atomic mass is 79.9. The third kappa shape index (κ3) is 3.32. The fourth-order valence-corrected chi connectivity index (χ4v) is 3.89. The van der Waals surface area contributed by atoms with E-state index in [9.17, 15) is 4.79 Å². The third-order valence-electron chi connectivity index (χ3n) is 4.85. The smallest absolute Gasteiger partial charge is 0.227 e. The topological polar surface area (TPSA) is 23.6 Å². The van der Waals surface area contributed by atoms with Crippen LogP contribution in [0.1, 0.15) is 37.3 Å². The lowest BCUT2D eigenvalue weighted by Crippen LogP contribution is -2.36. The molecule has 1 amide bonds. The van der Waals surface area contributed by atoms with Gasteiger partial charge in [-0.25, -0.2) is 0 Å². The Morgan fingerprint density at radius 1 is 1.14 bits per heavy atom. The Balaban J connectivity index is 1.68. The molecule has 21 heavy (non-hydrogen) atoms. The Bertz CT molecular complexity index is 496. The van der Waals surface area contributed by atoms with Crippen molar-refractivity contribution in [3.8, 4) is 0 Å². The number of carbonyl (C=O) groups is 1. The molecule has 114 valence electrons. The number of amides is 1. The molecule has 0 bridgehead atoms. The zero-order chi connectivity index (χ0) is 14.8. The highest BCUT2D eigenvalue weighted by Gasteiger charge is 2.38. The van der Waals surface area contributed by atoms with Crippen LogP contribution in [0.2, 0.25) is 0 Å². The van der Waals surface area contributed by atoms with E-state index >= 15 is 0 Å². The second-order valence-corrected chi connectivity index (χ2v) is 7.23. The molecule has 0 aromatic heterocycles. The second-order valence-electron chi connectivity index (χ2n) is 6.31. The highest BCUT2D eigenvalue weighted by molar-refractivity contribution is 9.10. The number of nitrogens with zero attached hydrogens (tertiary/aromatic N) is 2. The van der Waals surface area contributed by atoms with Crippen molar-refractivity contribution in [3.63, 3.8) is 0 Å². The number of likely N-dealkylation sites (tertiary alicyclic amines) is 2. The summed E-state index contributed by atoms with van der Waals surface area (Å²) in [4.78, 5) is 16.9. The molecule has 2 fully saturated rings. The van der Waals surface area contributed by atoms with Crippen molar-refractivity contribution < 1.29 is 4.79 Å².